The fraction of sp³-hybridized carbons (Fsp3) is 0.100. The van der Waals surface area contributed by atoms with Crippen molar-refractivity contribution >= 4 is 60.6 Å². The predicted octanol–water partition coefficient (Wildman–Crippen LogP) is 13.8. The number of nitrogen functional groups attached to an aromatic ring is 1. The molecule has 0 aliphatic heterocycles. The van der Waals surface area contributed by atoms with E-state index in [-0.39, 0.29) is 0 Å². The largest absolute Gasteiger partial charge is 0.455 e. The summed E-state index contributed by atoms with van der Waals surface area (Å²) in [6, 6.07) is 49.6. The van der Waals surface area contributed by atoms with Gasteiger partial charge in [0.1, 0.15) is 11.2 Å². The molecule has 53 heavy (non-hydrogen) atoms. The Kier molecular flexibility index (Phi) is 7.74. The van der Waals surface area contributed by atoms with Gasteiger partial charge >= 0.3 is 0 Å². The highest BCUT2D eigenvalue weighted by atomic mass is 16.3. The molecule has 0 amide bonds. The van der Waals surface area contributed by atoms with Crippen molar-refractivity contribution in [1.82, 2.24) is 0 Å². The topological polar surface area (TPSA) is 51.5 Å². The van der Waals surface area contributed by atoms with Crippen molar-refractivity contribution in [2.45, 2.75) is 34.6 Å². The summed E-state index contributed by atoms with van der Waals surface area (Å²) < 4.78 is 6.41. The molecule has 2 N–H and O–H groups in total. The number of fused-ring (bicyclic) bond motifs is 6. The number of hydrogen-bond donors (Lipinski definition) is 1. The molecular weight excluding hydrogens is 645 g/mol. The summed E-state index contributed by atoms with van der Waals surface area (Å²) in [5, 5.41) is 6.54. The number of anilines is 1. The zero-order valence-electron chi connectivity index (χ0n) is 30.7. The Bertz CT molecular complexity index is 2920. The Hall–Kier alpha value is -6.45. The van der Waals surface area contributed by atoms with E-state index in [4.69, 9.17) is 15.1 Å². The van der Waals surface area contributed by atoms with Crippen molar-refractivity contribution in [3.8, 4) is 33.4 Å². The second-order valence-electron chi connectivity index (χ2n) is 14.4. The fourth-order valence-electron chi connectivity index (χ4n) is 8.34. The second kappa shape index (κ2) is 12.6. The first-order valence-corrected chi connectivity index (χ1v) is 18.3. The van der Waals surface area contributed by atoms with Gasteiger partial charge in [-0.15, -0.1) is 0 Å². The number of aryl methyl sites for hydroxylation is 4. The van der Waals surface area contributed by atoms with Gasteiger partial charge in [-0.2, -0.15) is 0 Å². The molecule has 1 heterocycles. The molecule has 0 radical (unpaired) electrons. The molecule has 0 atom stereocenters. The number of nitrogens with two attached hydrogens (primary N) is 1. The molecule has 8 aromatic carbocycles. The van der Waals surface area contributed by atoms with Crippen LogP contribution in [0.1, 0.15) is 34.7 Å². The highest BCUT2D eigenvalue weighted by Gasteiger charge is 2.18. The number of para-hydroxylation sites is 2. The monoisotopic (exact) mass is 684 g/mol. The summed E-state index contributed by atoms with van der Waals surface area (Å²) in [4.78, 5) is 5.42. The van der Waals surface area contributed by atoms with Crippen molar-refractivity contribution in [3.63, 3.8) is 0 Å². The van der Waals surface area contributed by atoms with Crippen LogP contribution in [-0.2, 0) is 0 Å². The summed E-state index contributed by atoms with van der Waals surface area (Å²) in [5.74, 6) is 0. The Balaban J connectivity index is 1.25. The zero-order valence-corrected chi connectivity index (χ0v) is 30.7. The normalized spacial score (nSPS) is 12.1. The highest BCUT2D eigenvalue weighted by Crippen LogP contribution is 2.45. The molecule has 0 unspecified atom stereocenters. The zero-order chi connectivity index (χ0) is 36.4. The Morgan fingerprint density at radius 1 is 0.491 bits per heavy atom. The molecule has 0 fully saturated rings. The van der Waals surface area contributed by atoms with Crippen LogP contribution in [-0.4, -0.2) is 5.71 Å². The average molecular weight is 685 g/mol. The Morgan fingerprint density at radius 2 is 1.06 bits per heavy atom. The van der Waals surface area contributed by atoms with E-state index in [1.165, 1.54) is 33.4 Å². The third-order valence-electron chi connectivity index (χ3n) is 10.9. The molecule has 9 aromatic rings. The van der Waals surface area contributed by atoms with Crippen molar-refractivity contribution in [3.05, 3.63) is 167 Å². The number of aliphatic imine (C=N–C) groups is 1. The molecule has 0 saturated carbocycles. The van der Waals surface area contributed by atoms with Crippen molar-refractivity contribution < 1.29 is 4.42 Å². The summed E-state index contributed by atoms with van der Waals surface area (Å²) in [6.07, 6.45) is 0. The van der Waals surface area contributed by atoms with Crippen LogP contribution in [0.3, 0.4) is 0 Å². The third kappa shape index (κ3) is 5.39. The van der Waals surface area contributed by atoms with Gasteiger partial charge in [0, 0.05) is 32.8 Å². The van der Waals surface area contributed by atoms with Gasteiger partial charge in [-0.3, -0.25) is 4.99 Å². The molecule has 3 nitrogen and oxygen atoms in total. The van der Waals surface area contributed by atoms with E-state index >= 15 is 0 Å². The smallest absolute Gasteiger partial charge is 0.143 e. The first kappa shape index (κ1) is 32.5. The number of benzene rings is 8. The molecule has 1 aromatic heterocycles. The highest BCUT2D eigenvalue weighted by molar-refractivity contribution is 6.21. The lowest BCUT2D eigenvalue weighted by atomic mass is 9.89. The van der Waals surface area contributed by atoms with Crippen LogP contribution >= 0.6 is 0 Å². The van der Waals surface area contributed by atoms with Gasteiger partial charge < -0.3 is 10.2 Å². The lowest BCUT2D eigenvalue weighted by Gasteiger charge is -2.17. The van der Waals surface area contributed by atoms with Gasteiger partial charge in [0.2, 0.25) is 0 Å². The summed E-state index contributed by atoms with van der Waals surface area (Å²) in [7, 11) is 0. The number of furan rings is 1. The second-order valence-corrected chi connectivity index (χ2v) is 14.4. The van der Waals surface area contributed by atoms with Crippen LogP contribution in [0.5, 0.6) is 0 Å². The van der Waals surface area contributed by atoms with Crippen LogP contribution in [0.2, 0.25) is 0 Å². The Morgan fingerprint density at radius 3 is 1.74 bits per heavy atom. The minimum atomic E-state index is 0.682. The molecule has 0 aliphatic rings. The maximum absolute atomic E-state index is 7.28. The lowest BCUT2D eigenvalue weighted by molar-refractivity contribution is 0.670. The molecule has 256 valence electrons. The van der Waals surface area contributed by atoms with Gasteiger partial charge in [0.05, 0.1) is 11.4 Å². The standard InChI is InChI=1S/C50H40N2O/c1-29-12-8-13-30(2)46(29)36-22-24-39-40-25-23-37(47-31(3)14-9-15-32(47)4)28-44(40)49(48(51)43(39)27-36)52-33(5)34-16-10-17-35(26-34)38-19-11-20-42-41-18-6-7-21-45(41)53-50(38)42/h6-28H,51H2,1-5H3. The Labute approximate surface area is 310 Å². The maximum Gasteiger partial charge on any atom is 0.143 e. The van der Waals surface area contributed by atoms with Gasteiger partial charge in [-0.25, -0.2) is 0 Å². The lowest BCUT2D eigenvalue weighted by Crippen LogP contribution is -1.98. The van der Waals surface area contributed by atoms with Crippen molar-refractivity contribution in [1.29, 1.82) is 0 Å². The SMILES string of the molecule is CC(=Nc1c(N)c2cc(-c3c(C)cccc3C)ccc2c2ccc(-c3c(C)cccc3C)cc12)c1cccc(-c2cccc3c2oc2ccccc23)c1. The van der Waals surface area contributed by atoms with E-state index in [2.05, 4.69) is 162 Å². The first-order valence-electron chi connectivity index (χ1n) is 18.3. The van der Waals surface area contributed by atoms with Gasteiger partial charge in [0.25, 0.3) is 0 Å². The van der Waals surface area contributed by atoms with E-state index in [0.717, 1.165) is 82.7 Å². The van der Waals surface area contributed by atoms with E-state index in [9.17, 15) is 0 Å². The van der Waals surface area contributed by atoms with Crippen LogP contribution in [0.4, 0.5) is 11.4 Å². The van der Waals surface area contributed by atoms with Gasteiger partial charge in [-0.1, -0.05) is 115 Å². The van der Waals surface area contributed by atoms with Crippen molar-refractivity contribution in [2.75, 3.05) is 5.73 Å². The minimum absolute atomic E-state index is 0.682. The number of nitrogens with zero attached hydrogens (tertiary/aromatic N) is 1. The first-order chi connectivity index (χ1) is 25.8. The predicted molar refractivity (Wildman–Crippen MR) is 227 cm³/mol. The van der Waals surface area contributed by atoms with E-state index < -0.39 is 0 Å². The van der Waals surface area contributed by atoms with Crippen molar-refractivity contribution in [2.24, 2.45) is 4.99 Å². The van der Waals surface area contributed by atoms with E-state index in [1.54, 1.807) is 0 Å². The summed E-state index contributed by atoms with van der Waals surface area (Å²) in [5.41, 5.74) is 24.4. The number of hydrogen-bond acceptors (Lipinski definition) is 3. The maximum atomic E-state index is 7.28. The number of rotatable bonds is 5. The molecule has 0 spiro atoms. The molecular formula is C50H40N2O. The van der Waals surface area contributed by atoms with Gasteiger partial charge in [-0.05, 0) is 125 Å². The van der Waals surface area contributed by atoms with Crippen LogP contribution in [0.25, 0.3) is 76.9 Å². The quantitative estimate of drug-likeness (QED) is 0.111. The molecule has 0 saturated heterocycles. The van der Waals surface area contributed by atoms with Crippen LogP contribution in [0.15, 0.2) is 149 Å². The molecule has 0 aliphatic carbocycles. The van der Waals surface area contributed by atoms with Gasteiger partial charge in [0.15, 0.2) is 0 Å². The summed E-state index contributed by atoms with van der Waals surface area (Å²) >= 11 is 0. The van der Waals surface area contributed by atoms with E-state index in [0.29, 0.717) is 5.69 Å². The van der Waals surface area contributed by atoms with Crippen LogP contribution in [0, 0.1) is 27.7 Å². The molecule has 3 heteroatoms. The molecule has 0 bridgehead atoms. The minimum Gasteiger partial charge on any atom is -0.455 e. The molecule has 9 rings (SSSR count). The van der Waals surface area contributed by atoms with E-state index in [1.807, 2.05) is 12.1 Å². The van der Waals surface area contributed by atoms with Crippen LogP contribution < -0.4 is 5.73 Å². The summed E-state index contributed by atoms with van der Waals surface area (Å²) in [6.45, 7) is 10.8. The average Bonchev–Trinajstić information content (AvgIpc) is 3.55. The third-order valence-corrected chi connectivity index (χ3v) is 10.9. The fourth-order valence-corrected chi connectivity index (χ4v) is 8.34.